The van der Waals surface area contributed by atoms with Gasteiger partial charge in [0.25, 0.3) is 0 Å². The lowest BCUT2D eigenvalue weighted by Gasteiger charge is -1.96. The van der Waals surface area contributed by atoms with E-state index in [-0.39, 0.29) is 5.91 Å². The molecule has 1 N–H and O–H groups in total. The van der Waals surface area contributed by atoms with Crippen LogP contribution < -0.4 is 5.32 Å². The third kappa shape index (κ3) is 2.45. The average Bonchev–Trinajstić information content (AvgIpc) is 2.60. The van der Waals surface area contributed by atoms with Crippen molar-refractivity contribution in [1.82, 2.24) is 4.98 Å². The summed E-state index contributed by atoms with van der Waals surface area (Å²) in [5.41, 5.74) is 2.17. The molecule has 15 heavy (non-hydrogen) atoms. The number of thiazole rings is 1. The number of rotatable bonds is 2. The van der Waals surface area contributed by atoms with Crippen molar-refractivity contribution in [3.63, 3.8) is 0 Å². The molecule has 0 spiro atoms. The molecule has 0 unspecified atom stereocenters. The number of aromatic nitrogens is 1. The van der Waals surface area contributed by atoms with Crippen LogP contribution in [0.25, 0.3) is 0 Å². The molecule has 1 aromatic heterocycles. The molecule has 4 heteroatoms. The van der Waals surface area contributed by atoms with Crippen LogP contribution in [0.3, 0.4) is 0 Å². The number of carbonyl (C=O) groups is 1. The second-order valence-corrected chi connectivity index (χ2v) is 5.04. The summed E-state index contributed by atoms with van der Waals surface area (Å²) in [5.74, 6) is -0.0811. The lowest BCUT2D eigenvalue weighted by Crippen LogP contribution is -2.08. The van der Waals surface area contributed by atoms with Crippen LogP contribution in [0.2, 0.25) is 0 Å². The standard InChI is InChI=1S/C11H14N2OS/c1-7(2)6-10(14)13-11-12-8-4-3-5-9(8)15-11/h6H,3-5H2,1-2H3,(H,12,13,14). The van der Waals surface area contributed by atoms with E-state index in [0.717, 1.165) is 23.5 Å². The fourth-order valence-corrected chi connectivity index (χ4v) is 2.70. The summed E-state index contributed by atoms with van der Waals surface area (Å²) in [5, 5.41) is 3.53. The molecule has 3 nitrogen and oxygen atoms in total. The monoisotopic (exact) mass is 222 g/mol. The van der Waals surface area contributed by atoms with Crippen molar-refractivity contribution in [2.24, 2.45) is 0 Å². The van der Waals surface area contributed by atoms with Gasteiger partial charge in [0.15, 0.2) is 5.13 Å². The van der Waals surface area contributed by atoms with Crippen molar-refractivity contribution in [3.05, 3.63) is 22.2 Å². The highest BCUT2D eigenvalue weighted by atomic mass is 32.1. The van der Waals surface area contributed by atoms with Crippen LogP contribution in [0.15, 0.2) is 11.6 Å². The van der Waals surface area contributed by atoms with E-state index >= 15 is 0 Å². The molecule has 1 aromatic rings. The van der Waals surface area contributed by atoms with Crippen LogP contribution in [-0.4, -0.2) is 10.9 Å². The summed E-state index contributed by atoms with van der Waals surface area (Å²) in [6, 6.07) is 0. The normalized spacial score (nSPS) is 13.5. The molecule has 0 bridgehead atoms. The first-order chi connectivity index (χ1) is 7.15. The second-order valence-electron chi connectivity index (χ2n) is 3.95. The lowest BCUT2D eigenvalue weighted by atomic mass is 10.3. The summed E-state index contributed by atoms with van der Waals surface area (Å²) < 4.78 is 0. The van der Waals surface area contributed by atoms with Gasteiger partial charge < -0.3 is 0 Å². The smallest absolute Gasteiger partial charge is 0.250 e. The van der Waals surface area contributed by atoms with Crippen molar-refractivity contribution >= 4 is 22.4 Å². The molecule has 1 aliphatic rings. The number of amides is 1. The fourth-order valence-electron chi connectivity index (χ4n) is 1.65. The molecule has 80 valence electrons. The van der Waals surface area contributed by atoms with E-state index in [2.05, 4.69) is 10.3 Å². The van der Waals surface area contributed by atoms with Crippen LogP contribution in [0.5, 0.6) is 0 Å². The Labute approximate surface area is 93.2 Å². The van der Waals surface area contributed by atoms with Crippen molar-refractivity contribution in [2.45, 2.75) is 33.1 Å². The van der Waals surface area contributed by atoms with Gasteiger partial charge in [-0.2, -0.15) is 0 Å². The molecular weight excluding hydrogens is 208 g/mol. The van der Waals surface area contributed by atoms with Gasteiger partial charge in [-0.3, -0.25) is 10.1 Å². The highest BCUT2D eigenvalue weighted by Gasteiger charge is 2.17. The number of anilines is 1. The highest BCUT2D eigenvalue weighted by molar-refractivity contribution is 7.15. The zero-order valence-electron chi connectivity index (χ0n) is 8.96. The summed E-state index contributed by atoms with van der Waals surface area (Å²) in [6.07, 6.45) is 4.97. The molecular formula is C11H14N2OS. The zero-order valence-corrected chi connectivity index (χ0v) is 9.78. The van der Waals surface area contributed by atoms with E-state index < -0.39 is 0 Å². The fraction of sp³-hybridized carbons (Fsp3) is 0.455. The summed E-state index contributed by atoms with van der Waals surface area (Å²) >= 11 is 1.61. The van der Waals surface area contributed by atoms with E-state index in [1.807, 2.05) is 13.8 Å². The molecule has 0 saturated heterocycles. The number of hydrogen-bond donors (Lipinski definition) is 1. The highest BCUT2D eigenvalue weighted by Crippen LogP contribution is 2.30. The Bertz CT molecular complexity index is 395. The van der Waals surface area contributed by atoms with Crippen LogP contribution >= 0.6 is 11.3 Å². The Morgan fingerprint density at radius 2 is 2.27 bits per heavy atom. The van der Waals surface area contributed by atoms with Crippen molar-refractivity contribution in [2.75, 3.05) is 5.32 Å². The molecule has 0 aliphatic heterocycles. The van der Waals surface area contributed by atoms with Gasteiger partial charge in [-0.15, -0.1) is 11.3 Å². The van der Waals surface area contributed by atoms with Gasteiger partial charge in [0.2, 0.25) is 5.91 Å². The number of allylic oxidation sites excluding steroid dienone is 1. The van der Waals surface area contributed by atoms with E-state index in [1.165, 1.54) is 17.0 Å². The Kier molecular flexibility index (Phi) is 2.86. The lowest BCUT2D eigenvalue weighted by molar-refractivity contribution is -0.111. The third-order valence-electron chi connectivity index (χ3n) is 2.25. The number of hydrogen-bond acceptors (Lipinski definition) is 3. The molecule has 1 heterocycles. The molecule has 1 aliphatic carbocycles. The van der Waals surface area contributed by atoms with E-state index in [1.54, 1.807) is 17.4 Å². The van der Waals surface area contributed by atoms with Crippen molar-refractivity contribution < 1.29 is 4.79 Å². The topological polar surface area (TPSA) is 42.0 Å². The Balaban J connectivity index is 2.05. The van der Waals surface area contributed by atoms with Gasteiger partial charge in [0.1, 0.15) is 0 Å². The quantitative estimate of drug-likeness (QED) is 0.781. The van der Waals surface area contributed by atoms with Crippen molar-refractivity contribution in [1.29, 1.82) is 0 Å². The zero-order chi connectivity index (χ0) is 10.8. The first-order valence-electron chi connectivity index (χ1n) is 5.09. The molecule has 0 aromatic carbocycles. The predicted molar refractivity (Wildman–Crippen MR) is 62.2 cm³/mol. The molecule has 2 rings (SSSR count). The van der Waals surface area contributed by atoms with E-state index in [4.69, 9.17) is 0 Å². The van der Waals surface area contributed by atoms with Crippen LogP contribution in [0.4, 0.5) is 5.13 Å². The van der Waals surface area contributed by atoms with Gasteiger partial charge in [0.05, 0.1) is 5.69 Å². The van der Waals surface area contributed by atoms with Gasteiger partial charge in [0, 0.05) is 11.0 Å². The molecule has 0 fully saturated rings. The minimum Gasteiger partial charge on any atom is -0.298 e. The largest absolute Gasteiger partial charge is 0.298 e. The minimum absolute atomic E-state index is 0.0811. The predicted octanol–water partition coefficient (Wildman–Crippen LogP) is 2.54. The molecule has 0 saturated carbocycles. The van der Waals surface area contributed by atoms with Crippen LogP contribution in [-0.2, 0) is 17.6 Å². The maximum Gasteiger partial charge on any atom is 0.250 e. The Morgan fingerprint density at radius 3 is 2.93 bits per heavy atom. The summed E-state index contributed by atoms with van der Waals surface area (Å²) in [6.45, 7) is 3.81. The van der Waals surface area contributed by atoms with Crippen LogP contribution in [0, 0.1) is 0 Å². The van der Waals surface area contributed by atoms with Gasteiger partial charge >= 0.3 is 0 Å². The SMILES string of the molecule is CC(C)=CC(=O)Nc1nc2c(s1)CCC2. The third-order valence-corrected chi connectivity index (χ3v) is 3.32. The molecule has 0 radical (unpaired) electrons. The summed E-state index contributed by atoms with van der Waals surface area (Å²) in [4.78, 5) is 17.2. The van der Waals surface area contributed by atoms with E-state index in [0.29, 0.717) is 0 Å². The first kappa shape index (κ1) is 10.4. The summed E-state index contributed by atoms with van der Waals surface area (Å²) in [7, 11) is 0. The van der Waals surface area contributed by atoms with Gasteiger partial charge in [-0.25, -0.2) is 4.98 Å². The van der Waals surface area contributed by atoms with Crippen molar-refractivity contribution in [3.8, 4) is 0 Å². The number of carbonyl (C=O) groups excluding carboxylic acids is 1. The number of nitrogens with zero attached hydrogens (tertiary/aromatic N) is 1. The second kappa shape index (κ2) is 4.14. The molecule has 0 atom stereocenters. The first-order valence-corrected chi connectivity index (χ1v) is 5.91. The van der Waals surface area contributed by atoms with Crippen LogP contribution in [0.1, 0.15) is 30.8 Å². The maximum atomic E-state index is 11.4. The van der Waals surface area contributed by atoms with E-state index in [9.17, 15) is 4.79 Å². The number of aryl methyl sites for hydroxylation is 2. The number of nitrogens with one attached hydrogen (secondary N) is 1. The van der Waals surface area contributed by atoms with Gasteiger partial charge in [-0.05, 0) is 33.1 Å². The average molecular weight is 222 g/mol. The maximum absolute atomic E-state index is 11.4. The van der Waals surface area contributed by atoms with Gasteiger partial charge in [-0.1, -0.05) is 5.57 Å². The Hall–Kier alpha value is -1.16. The Morgan fingerprint density at radius 1 is 1.47 bits per heavy atom. The minimum atomic E-state index is -0.0811. The molecule has 1 amide bonds. The number of fused-ring (bicyclic) bond motifs is 1.